The SMILES string of the molecule is CCCCC(CC)C(Cc1nc(C(C)(C)C)cs1)NCC. The van der Waals surface area contributed by atoms with Gasteiger partial charge in [0.1, 0.15) is 0 Å². The fourth-order valence-electron chi connectivity index (χ4n) is 2.76. The molecule has 2 nitrogen and oxygen atoms in total. The Hall–Kier alpha value is -0.410. The highest BCUT2D eigenvalue weighted by Crippen LogP contribution is 2.26. The Bertz CT molecular complexity index is 392. The summed E-state index contributed by atoms with van der Waals surface area (Å²) in [5, 5.41) is 7.24. The molecule has 0 saturated carbocycles. The predicted molar refractivity (Wildman–Crippen MR) is 95.3 cm³/mol. The van der Waals surface area contributed by atoms with Crippen molar-refractivity contribution in [3.05, 3.63) is 16.1 Å². The van der Waals surface area contributed by atoms with Crippen LogP contribution in [-0.2, 0) is 11.8 Å². The number of aromatic nitrogens is 1. The summed E-state index contributed by atoms with van der Waals surface area (Å²) in [6.07, 6.45) is 6.31. The topological polar surface area (TPSA) is 24.9 Å². The number of rotatable bonds is 9. The van der Waals surface area contributed by atoms with E-state index in [0.29, 0.717) is 6.04 Å². The molecule has 122 valence electrons. The lowest BCUT2D eigenvalue weighted by molar-refractivity contribution is 0.319. The molecule has 1 rings (SSSR count). The van der Waals surface area contributed by atoms with Gasteiger partial charge in [0.05, 0.1) is 10.7 Å². The maximum Gasteiger partial charge on any atom is 0.0944 e. The third-order valence-corrected chi connectivity index (χ3v) is 5.07. The van der Waals surface area contributed by atoms with Gasteiger partial charge in [-0.15, -0.1) is 11.3 Å². The van der Waals surface area contributed by atoms with Gasteiger partial charge in [-0.3, -0.25) is 0 Å². The molecule has 1 N–H and O–H groups in total. The first-order valence-electron chi connectivity index (χ1n) is 8.60. The number of nitrogens with zero attached hydrogens (tertiary/aromatic N) is 1. The minimum absolute atomic E-state index is 0.162. The van der Waals surface area contributed by atoms with Crippen LogP contribution in [0.15, 0.2) is 5.38 Å². The minimum atomic E-state index is 0.162. The summed E-state index contributed by atoms with van der Waals surface area (Å²) in [6, 6.07) is 0.575. The van der Waals surface area contributed by atoms with Gasteiger partial charge in [-0.05, 0) is 18.9 Å². The molecular weight excluding hydrogens is 276 g/mol. The molecule has 3 heteroatoms. The van der Waals surface area contributed by atoms with Crippen LogP contribution in [0.1, 0.15) is 77.9 Å². The summed E-state index contributed by atoms with van der Waals surface area (Å²) in [5.41, 5.74) is 1.40. The molecule has 0 aliphatic heterocycles. The average molecular weight is 311 g/mol. The van der Waals surface area contributed by atoms with Crippen LogP contribution in [0.5, 0.6) is 0 Å². The molecule has 1 heterocycles. The van der Waals surface area contributed by atoms with E-state index in [2.05, 4.69) is 52.2 Å². The second-order valence-corrected chi connectivity index (χ2v) is 8.00. The van der Waals surface area contributed by atoms with E-state index < -0.39 is 0 Å². The zero-order valence-electron chi connectivity index (χ0n) is 14.8. The van der Waals surface area contributed by atoms with E-state index in [0.717, 1.165) is 18.9 Å². The van der Waals surface area contributed by atoms with Crippen LogP contribution >= 0.6 is 11.3 Å². The normalized spacial score (nSPS) is 15.1. The van der Waals surface area contributed by atoms with Crippen molar-refractivity contribution in [2.45, 2.75) is 85.1 Å². The van der Waals surface area contributed by atoms with Crippen LogP contribution in [0.25, 0.3) is 0 Å². The first-order chi connectivity index (χ1) is 9.92. The molecule has 0 aromatic carbocycles. The van der Waals surface area contributed by atoms with Crippen LogP contribution in [-0.4, -0.2) is 17.6 Å². The lowest BCUT2D eigenvalue weighted by Gasteiger charge is -2.26. The van der Waals surface area contributed by atoms with Crippen molar-refractivity contribution in [1.82, 2.24) is 10.3 Å². The maximum atomic E-state index is 4.88. The first-order valence-corrected chi connectivity index (χ1v) is 9.48. The number of likely N-dealkylation sites (N-methyl/N-ethyl adjacent to an activating group) is 1. The van der Waals surface area contributed by atoms with E-state index in [-0.39, 0.29) is 5.41 Å². The fourth-order valence-corrected chi connectivity index (χ4v) is 3.84. The van der Waals surface area contributed by atoms with Crippen molar-refractivity contribution in [2.24, 2.45) is 5.92 Å². The largest absolute Gasteiger partial charge is 0.314 e. The second-order valence-electron chi connectivity index (χ2n) is 7.06. The van der Waals surface area contributed by atoms with Gasteiger partial charge in [0.25, 0.3) is 0 Å². The number of hydrogen-bond donors (Lipinski definition) is 1. The molecule has 21 heavy (non-hydrogen) atoms. The summed E-state index contributed by atoms with van der Waals surface area (Å²) in [5.74, 6) is 0.770. The number of thiazole rings is 1. The fraction of sp³-hybridized carbons (Fsp3) is 0.833. The first kappa shape index (κ1) is 18.6. The van der Waals surface area contributed by atoms with E-state index in [1.165, 1.54) is 36.4 Å². The molecular formula is C18H34N2S. The van der Waals surface area contributed by atoms with Gasteiger partial charge in [0.2, 0.25) is 0 Å². The molecule has 1 aromatic heterocycles. The molecule has 0 bridgehead atoms. The average Bonchev–Trinajstić information content (AvgIpc) is 2.88. The zero-order chi connectivity index (χ0) is 15.9. The Morgan fingerprint density at radius 3 is 2.43 bits per heavy atom. The van der Waals surface area contributed by atoms with Crippen LogP contribution in [0, 0.1) is 5.92 Å². The van der Waals surface area contributed by atoms with Crippen molar-refractivity contribution in [2.75, 3.05) is 6.54 Å². The maximum absolute atomic E-state index is 4.88. The quantitative estimate of drug-likeness (QED) is 0.680. The van der Waals surface area contributed by atoms with Gasteiger partial charge < -0.3 is 5.32 Å². The molecule has 0 saturated heterocycles. The molecule has 0 aliphatic carbocycles. The van der Waals surface area contributed by atoms with Gasteiger partial charge in [-0.2, -0.15) is 0 Å². The summed E-state index contributed by atoms with van der Waals surface area (Å²) >= 11 is 1.83. The van der Waals surface area contributed by atoms with Gasteiger partial charge in [-0.1, -0.05) is 60.8 Å². The number of unbranched alkanes of at least 4 members (excludes halogenated alkanes) is 1. The van der Waals surface area contributed by atoms with Gasteiger partial charge >= 0.3 is 0 Å². The van der Waals surface area contributed by atoms with Gasteiger partial charge in [0, 0.05) is 23.3 Å². The van der Waals surface area contributed by atoms with Crippen molar-refractivity contribution >= 4 is 11.3 Å². The molecule has 0 fully saturated rings. The summed E-state index contributed by atoms with van der Waals surface area (Å²) in [6.45, 7) is 14.6. The summed E-state index contributed by atoms with van der Waals surface area (Å²) in [4.78, 5) is 4.88. The Morgan fingerprint density at radius 1 is 1.24 bits per heavy atom. The third kappa shape index (κ3) is 6.07. The Labute approximate surface area is 135 Å². The molecule has 2 atom stereocenters. The summed E-state index contributed by atoms with van der Waals surface area (Å²) in [7, 11) is 0. The van der Waals surface area contributed by atoms with E-state index in [4.69, 9.17) is 4.98 Å². The Kier molecular flexibility index (Phi) is 7.89. The number of nitrogens with one attached hydrogen (secondary N) is 1. The summed E-state index contributed by atoms with van der Waals surface area (Å²) < 4.78 is 0. The molecule has 2 unspecified atom stereocenters. The van der Waals surface area contributed by atoms with E-state index in [1.54, 1.807) is 0 Å². The smallest absolute Gasteiger partial charge is 0.0944 e. The lowest BCUT2D eigenvalue weighted by atomic mass is 9.89. The van der Waals surface area contributed by atoms with Crippen LogP contribution in [0.4, 0.5) is 0 Å². The standard InChI is InChI=1S/C18H34N2S/c1-7-10-11-14(8-2)15(19-9-3)12-17-20-16(13-21-17)18(4,5)6/h13-15,19H,7-12H2,1-6H3. The monoisotopic (exact) mass is 310 g/mol. The molecule has 1 aromatic rings. The van der Waals surface area contributed by atoms with E-state index >= 15 is 0 Å². The van der Waals surface area contributed by atoms with Crippen molar-refractivity contribution in [1.29, 1.82) is 0 Å². The van der Waals surface area contributed by atoms with Crippen molar-refractivity contribution in [3.8, 4) is 0 Å². The number of hydrogen-bond acceptors (Lipinski definition) is 3. The van der Waals surface area contributed by atoms with Crippen LogP contribution in [0.3, 0.4) is 0 Å². The second kappa shape index (κ2) is 8.89. The molecule has 0 amide bonds. The van der Waals surface area contributed by atoms with Gasteiger partial charge in [-0.25, -0.2) is 4.98 Å². The molecule has 0 spiro atoms. The molecule has 0 aliphatic rings. The highest BCUT2D eigenvalue weighted by atomic mass is 32.1. The zero-order valence-corrected chi connectivity index (χ0v) is 15.6. The Balaban J connectivity index is 2.74. The van der Waals surface area contributed by atoms with E-state index in [9.17, 15) is 0 Å². The van der Waals surface area contributed by atoms with Crippen LogP contribution < -0.4 is 5.32 Å². The highest BCUT2D eigenvalue weighted by Gasteiger charge is 2.22. The van der Waals surface area contributed by atoms with Crippen LogP contribution in [0.2, 0.25) is 0 Å². The van der Waals surface area contributed by atoms with E-state index in [1.807, 2.05) is 11.3 Å². The Morgan fingerprint density at radius 2 is 1.95 bits per heavy atom. The molecule has 0 radical (unpaired) electrons. The lowest BCUT2D eigenvalue weighted by Crippen LogP contribution is -2.38. The minimum Gasteiger partial charge on any atom is -0.314 e. The van der Waals surface area contributed by atoms with Crippen molar-refractivity contribution in [3.63, 3.8) is 0 Å². The van der Waals surface area contributed by atoms with Gasteiger partial charge in [0.15, 0.2) is 0 Å². The highest BCUT2D eigenvalue weighted by molar-refractivity contribution is 7.09. The third-order valence-electron chi connectivity index (χ3n) is 4.20. The van der Waals surface area contributed by atoms with Crippen molar-refractivity contribution < 1.29 is 0 Å². The predicted octanol–water partition coefficient (Wildman–Crippen LogP) is 5.18.